The van der Waals surface area contributed by atoms with E-state index in [2.05, 4.69) is 28.3 Å². The lowest BCUT2D eigenvalue weighted by atomic mass is 10.00. The molecule has 0 radical (unpaired) electrons. The fourth-order valence-corrected chi connectivity index (χ4v) is 2.90. The number of halogens is 1. The number of nitriles is 1. The number of morpholine rings is 1. The molecule has 2 atom stereocenters. The van der Waals surface area contributed by atoms with E-state index in [0.29, 0.717) is 23.0 Å². The zero-order valence-electron chi connectivity index (χ0n) is 13.4. The Bertz CT molecular complexity index is 711. The summed E-state index contributed by atoms with van der Waals surface area (Å²) in [6.07, 6.45) is 1.57. The van der Waals surface area contributed by atoms with Crippen molar-refractivity contribution in [1.82, 2.24) is 9.88 Å². The van der Waals surface area contributed by atoms with Gasteiger partial charge in [-0.2, -0.15) is 5.26 Å². The predicted octanol–water partition coefficient (Wildman–Crippen LogP) is 3.09. The molecule has 1 aliphatic rings. The molecule has 5 nitrogen and oxygen atoms in total. The molecule has 0 spiro atoms. The van der Waals surface area contributed by atoms with Crippen LogP contribution in [0.4, 0.5) is 5.82 Å². The standard InChI is InChI=1S/C18H19ClN4O/c1-23-8-9-24-16(12-23)18(14-3-5-15(19)6-4-14)22-17-7-2-13(10-20)11-21-17/h2-7,11,16,18H,8-9,12H2,1H3,(H,21,22)/t16-,18-/m1/s1. The normalized spacial score (nSPS) is 19.5. The van der Waals surface area contributed by atoms with Crippen molar-refractivity contribution in [1.29, 1.82) is 5.26 Å². The van der Waals surface area contributed by atoms with Crippen LogP contribution in [0.3, 0.4) is 0 Å². The number of rotatable bonds is 4. The molecule has 0 saturated carbocycles. The van der Waals surface area contributed by atoms with Gasteiger partial charge in [0.2, 0.25) is 0 Å². The predicted molar refractivity (Wildman–Crippen MR) is 94.0 cm³/mol. The zero-order valence-corrected chi connectivity index (χ0v) is 14.2. The third-order valence-electron chi connectivity index (χ3n) is 4.09. The van der Waals surface area contributed by atoms with Crippen molar-refractivity contribution < 1.29 is 4.74 Å². The van der Waals surface area contributed by atoms with Crippen LogP contribution in [0.25, 0.3) is 0 Å². The fourth-order valence-electron chi connectivity index (χ4n) is 2.78. The smallest absolute Gasteiger partial charge is 0.126 e. The van der Waals surface area contributed by atoms with E-state index in [1.165, 1.54) is 0 Å². The lowest BCUT2D eigenvalue weighted by Crippen LogP contribution is -2.44. The minimum absolute atomic E-state index is 0.00219. The van der Waals surface area contributed by atoms with E-state index < -0.39 is 0 Å². The Hall–Kier alpha value is -2.13. The third-order valence-corrected chi connectivity index (χ3v) is 4.35. The van der Waals surface area contributed by atoms with E-state index in [9.17, 15) is 0 Å². The molecule has 24 heavy (non-hydrogen) atoms. The monoisotopic (exact) mass is 342 g/mol. The number of anilines is 1. The van der Waals surface area contributed by atoms with Crippen molar-refractivity contribution in [3.8, 4) is 6.07 Å². The van der Waals surface area contributed by atoms with Crippen molar-refractivity contribution in [2.24, 2.45) is 0 Å². The van der Waals surface area contributed by atoms with Gasteiger partial charge in [-0.15, -0.1) is 0 Å². The highest BCUT2D eigenvalue weighted by Crippen LogP contribution is 2.27. The number of nitrogens with zero attached hydrogens (tertiary/aromatic N) is 3. The second-order valence-corrected chi connectivity index (χ2v) is 6.33. The van der Waals surface area contributed by atoms with Crippen LogP contribution < -0.4 is 5.32 Å². The summed E-state index contributed by atoms with van der Waals surface area (Å²) in [6.45, 7) is 2.46. The molecule has 2 heterocycles. The summed E-state index contributed by atoms with van der Waals surface area (Å²) in [4.78, 5) is 6.57. The average Bonchev–Trinajstić information content (AvgIpc) is 2.61. The molecule has 0 bridgehead atoms. The van der Waals surface area contributed by atoms with Crippen LogP contribution in [0.1, 0.15) is 17.2 Å². The van der Waals surface area contributed by atoms with Gasteiger partial charge < -0.3 is 15.0 Å². The van der Waals surface area contributed by atoms with Gasteiger partial charge in [-0.1, -0.05) is 23.7 Å². The van der Waals surface area contributed by atoms with Gasteiger partial charge in [-0.3, -0.25) is 0 Å². The van der Waals surface area contributed by atoms with Crippen LogP contribution in [-0.4, -0.2) is 42.7 Å². The van der Waals surface area contributed by atoms with Crippen molar-refractivity contribution in [2.45, 2.75) is 12.1 Å². The van der Waals surface area contributed by atoms with E-state index in [1.54, 1.807) is 12.3 Å². The minimum atomic E-state index is -0.0505. The largest absolute Gasteiger partial charge is 0.373 e. The summed E-state index contributed by atoms with van der Waals surface area (Å²) >= 11 is 6.02. The Morgan fingerprint density at radius 3 is 2.75 bits per heavy atom. The van der Waals surface area contributed by atoms with Gasteiger partial charge in [0, 0.05) is 24.3 Å². The van der Waals surface area contributed by atoms with Crippen LogP contribution >= 0.6 is 11.6 Å². The Morgan fingerprint density at radius 2 is 2.12 bits per heavy atom. The molecule has 1 aromatic heterocycles. The van der Waals surface area contributed by atoms with Gasteiger partial charge >= 0.3 is 0 Å². The highest BCUT2D eigenvalue weighted by molar-refractivity contribution is 6.30. The molecule has 1 aromatic carbocycles. The summed E-state index contributed by atoms with van der Waals surface area (Å²) in [7, 11) is 2.09. The molecule has 0 unspecified atom stereocenters. The van der Waals surface area contributed by atoms with E-state index in [0.717, 1.165) is 18.7 Å². The SMILES string of the molecule is CN1CCO[C@@H]([C@H](Nc2ccc(C#N)cn2)c2ccc(Cl)cc2)C1. The van der Waals surface area contributed by atoms with Crippen molar-refractivity contribution in [2.75, 3.05) is 32.1 Å². The maximum absolute atomic E-state index is 8.90. The highest BCUT2D eigenvalue weighted by atomic mass is 35.5. The van der Waals surface area contributed by atoms with Gasteiger partial charge in [-0.25, -0.2) is 4.98 Å². The lowest BCUT2D eigenvalue weighted by Gasteiger charge is -2.36. The van der Waals surface area contributed by atoms with Crippen molar-refractivity contribution >= 4 is 17.4 Å². The first-order valence-electron chi connectivity index (χ1n) is 7.84. The van der Waals surface area contributed by atoms with E-state index in [1.807, 2.05) is 30.3 Å². The van der Waals surface area contributed by atoms with Crippen molar-refractivity contribution in [3.05, 3.63) is 58.7 Å². The summed E-state index contributed by atoms with van der Waals surface area (Å²) in [5.41, 5.74) is 1.63. The Labute approximate surface area is 146 Å². The first kappa shape index (κ1) is 16.7. The van der Waals surface area contributed by atoms with Gasteiger partial charge in [0.15, 0.2) is 0 Å². The number of benzene rings is 1. The first-order valence-corrected chi connectivity index (χ1v) is 8.22. The van der Waals surface area contributed by atoms with E-state index in [-0.39, 0.29) is 12.1 Å². The second kappa shape index (κ2) is 7.63. The van der Waals surface area contributed by atoms with E-state index in [4.69, 9.17) is 21.6 Å². The quantitative estimate of drug-likeness (QED) is 0.925. The van der Waals surface area contributed by atoms with Crippen LogP contribution in [0.15, 0.2) is 42.6 Å². The van der Waals surface area contributed by atoms with E-state index >= 15 is 0 Å². The third kappa shape index (κ3) is 4.04. The molecule has 0 aliphatic carbocycles. The number of ether oxygens (including phenoxy) is 1. The van der Waals surface area contributed by atoms with Gasteiger partial charge in [0.05, 0.1) is 24.3 Å². The van der Waals surface area contributed by atoms with Crippen LogP contribution in [0.5, 0.6) is 0 Å². The number of likely N-dealkylation sites (N-methyl/N-ethyl adjacent to an activating group) is 1. The second-order valence-electron chi connectivity index (χ2n) is 5.89. The maximum Gasteiger partial charge on any atom is 0.126 e. The van der Waals surface area contributed by atoms with Crippen LogP contribution in [-0.2, 0) is 4.74 Å². The van der Waals surface area contributed by atoms with Crippen molar-refractivity contribution in [3.63, 3.8) is 0 Å². The van der Waals surface area contributed by atoms with Gasteiger partial charge in [0.1, 0.15) is 11.9 Å². The molecular weight excluding hydrogens is 324 g/mol. The number of pyridine rings is 1. The number of hydrogen-bond donors (Lipinski definition) is 1. The number of aromatic nitrogens is 1. The minimum Gasteiger partial charge on any atom is -0.373 e. The molecule has 1 N–H and O–H groups in total. The maximum atomic E-state index is 8.90. The summed E-state index contributed by atoms with van der Waals surface area (Å²) < 4.78 is 5.99. The fraction of sp³-hybridized carbons (Fsp3) is 0.333. The average molecular weight is 343 g/mol. The first-order chi connectivity index (χ1) is 11.7. The molecule has 6 heteroatoms. The Morgan fingerprint density at radius 1 is 1.33 bits per heavy atom. The number of hydrogen-bond acceptors (Lipinski definition) is 5. The topological polar surface area (TPSA) is 61.2 Å². The molecular formula is C18H19ClN4O. The van der Waals surface area contributed by atoms with Gasteiger partial charge in [-0.05, 0) is 36.9 Å². The molecule has 2 aromatic rings. The summed E-state index contributed by atoms with van der Waals surface area (Å²) in [6, 6.07) is 13.4. The lowest BCUT2D eigenvalue weighted by molar-refractivity contribution is -0.0292. The molecule has 1 fully saturated rings. The van der Waals surface area contributed by atoms with Gasteiger partial charge in [0.25, 0.3) is 0 Å². The summed E-state index contributed by atoms with van der Waals surface area (Å²) in [5.74, 6) is 0.714. The Balaban J connectivity index is 1.85. The molecule has 1 aliphatic heterocycles. The summed E-state index contributed by atoms with van der Waals surface area (Å²) in [5, 5.41) is 13.0. The Kier molecular flexibility index (Phi) is 5.31. The molecule has 0 amide bonds. The molecule has 3 rings (SSSR count). The number of nitrogens with one attached hydrogen (secondary N) is 1. The zero-order chi connectivity index (χ0) is 16.9. The van der Waals surface area contributed by atoms with Crippen LogP contribution in [0, 0.1) is 11.3 Å². The van der Waals surface area contributed by atoms with Crippen LogP contribution in [0.2, 0.25) is 5.02 Å². The highest BCUT2D eigenvalue weighted by Gasteiger charge is 2.28. The molecule has 124 valence electrons. The molecule has 1 saturated heterocycles.